The summed E-state index contributed by atoms with van der Waals surface area (Å²) in [7, 11) is 0. The molecule has 0 spiro atoms. The van der Waals surface area contributed by atoms with Crippen LogP contribution in [0.4, 0.5) is 0 Å². The zero-order valence-corrected chi connectivity index (χ0v) is 12.4. The van der Waals surface area contributed by atoms with Crippen molar-refractivity contribution in [1.82, 2.24) is 9.78 Å². The summed E-state index contributed by atoms with van der Waals surface area (Å²) in [6, 6.07) is 8.04. The summed E-state index contributed by atoms with van der Waals surface area (Å²) in [4.78, 5) is 0. The van der Waals surface area contributed by atoms with Gasteiger partial charge in [0.05, 0.1) is 11.4 Å². The van der Waals surface area contributed by atoms with Crippen LogP contribution >= 0.6 is 11.6 Å². The van der Waals surface area contributed by atoms with Gasteiger partial charge in [0.2, 0.25) is 0 Å². The molecule has 0 unspecified atom stereocenters. The van der Waals surface area contributed by atoms with Crippen LogP contribution in [0.3, 0.4) is 0 Å². The number of nitrogens with two attached hydrogens (primary N) is 1. The molecule has 2 aromatic rings. The Morgan fingerprint density at radius 3 is 2.74 bits per heavy atom. The Bertz CT molecular complexity index is 573. The summed E-state index contributed by atoms with van der Waals surface area (Å²) in [5.74, 6) is 0.400. The fourth-order valence-electron chi connectivity index (χ4n) is 2.15. The maximum absolute atomic E-state index is 6.20. The lowest BCUT2D eigenvalue weighted by Gasteiger charge is -2.13. The Labute approximate surface area is 119 Å². The van der Waals surface area contributed by atoms with Crippen LogP contribution in [0.15, 0.2) is 24.3 Å². The number of hydrogen-bond acceptors (Lipinski definition) is 2. The molecule has 102 valence electrons. The minimum absolute atomic E-state index is 0.400. The fraction of sp³-hybridized carbons (Fsp3) is 0.400. The van der Waals surface area contributed by atoms with Crippen LogP contribution < -0.4 is 5.73 Å². The SMILES string of the molecule is Cc1c(Cl)cccc1-n1nc(CCN)cc1C(C)C. The normalized spacial score (nSPS) is 11.3. The third-order valence-corrected chi connectivity index (χ3v) is 3.66. The van der Waals surface area contributed by atoms with E-state index in [9.17, 15) is 0 Å². The van der Waals surface area contributed by atoms with Crippen molar-refractivity contribution in [3.8, 4) is 5.69 Å². The quantitative estimate of drug-likeness (QED) is 0.930. The van der Waals surface area contributed by atoms with Crippen LogP contribution in [0.2, 0.25) is 5.02 Å². The Kier molecular flexibility index (Phi) is 4.27. The van der Waals surface area contributed by atoms with Crippen molar-refractivity contribution in [3.63, 3.8) is 0 Å². The van der Waals surface area contributed by atoms with Crippen molar-refractivity contribution in [1.29, 1.82) is 0 Å². The van der Waals surface area contributed by atoms with Crippen molar-refractivity contribution in [2.75, 3.05) is 6.54 Å². The number of benzene rings is 1. The number of aromatic nitrogens is 2. The van der Waals surface area contributed by atoms with Crippen LogP contribution in [-0.2, 0) is 6.42 Å². The van der Waals surface area contributed by atoms with E-state index in [1.807, 2.05) is 29.8 Å². The molecular formula is C15H20ClN3. The van der Waals surface area contributed by atoms with Gasteiger partial charge in [-0.2, -0.15) is 5.10 Å². The van der Waals surface area contributed by atoms with Crippen molar-refractivity contribution in [2.24, 2.45) is 5.73 Å². The standard InChI is InChI=1S/C15H20ClN3/c1-10(2)15-9-12(7-8-17)18-19(15)14-6-4-5-13(16)11(14)3/h4-6,9-10H,7-8,17H2,1-3H3. The van der Waals surface area contributed by atoms with Gasteiger partial charge in [0, 0.05) is 17.1 Å². The first-order chi connectivity index (χ1) is 9.04. The molecule has 19 heavy (non-hydrogen) atoms. The third-order valence-electron chi connectivity index (χ3n) is 3.25. The summed E-state index contributed by atoms with van der Waals surface area (Å²) < 4.78 is 2.00. The van der Waals surface area contributed by atoms with Gasteiger partial charge in [-0.3, -0.25) is 0 Å². The molecule has 2 rings (SSSR count). The van der Waals surface area contributed by atoms with Gasteiger partial charge in [-0.05, 0) is 43.1 Å². The second kappa shape index (κ2) is 5.76. The van der Waals surface area contributed by atoms with E-state index in [1.54, 1.807) is 0 Å². The Morgan fingerprint density at radius 1 is 1.37 bits per heavy atom. The van der Waals surface area contributed by atoms with Gasteiger partial charge in [0.25, 0.3) is 0 Å². The topological polar surface area (TPSA) is 43.8 Å². The van der Waals surface area contributed by atoms with E-state index in [4.69, 9.17) is 17.3 Å². The van der Waals surface area contributed by atoms with Crippen molar-refractivity contribution >= 4 is 11.6 Å². The fourth-order valence-corrected chi connectivity index (χ4v) is 2.32. The monoisotopic (exact) mass is 277 g/mol. The highest BCUT2D eigenvalue weighted by atomic mass is 35.5. The lowest BCUT2D eigenvalue weighted by molar-refractivity contribution is 0.723. The molecule has 0 aliphatic rings. The molecule has 1 aromatic heterocycles. The van der Waals surface area contributed by atoms with E-state index in [0.29, 0.717) is 12.5 Å². The van der Waals surface area contributed by atoms with Crippen LogP contribution in [0.1, 0.15) is 36.7 Å². The zero-order valence-electron chi connectivity index (χ0n) is 11.7. The molecule has 0 radical (unpaired) electrons. The lowest BCUT2D eigenvalue weighted by Crippen LogP contribution is -2.07. The van der Waals surface area contributed by atoms with Crippen LogP contribution in [-0.4, -0.2) is 16.3 Å². The molecule has 0 saturated carbocycles. The first kappa shape index (κ1) is 14.1. The van der Waals surface area contributed by atoms with E-state index in [-0.39, 0.29) is 0 Å². The van der Waals surface area contributed by atoms with Crippen molar-refractivity contribution in [2.45, 2.75) is 33.1 Å². The second-order valence-corrected chi connectivity index (χ2v) is 5.46. The minimum Gasteiger partial charge on any atom is -0.330 e. The number of hydrogen-bond donors (Lipinski definition) is 1. The molecule has 1 aromatic carbocycles. The van der Waals surface area contributed by atoms with Crippen molar-refractivity contribution in [3.05, 3.63) is 46.2 Å². The third kappa shape index (κ3) is 2.82. The van der Waals surface area contributed by atoms with Crippen LogP contribution in [0, 0.1) is 6.92 Å². The molecule has 0 fully saturated rings. The Balaban J connectivity index is 2.56. The van der Waals surface area contributed by atoms with Crippen molar-refractivity contribution < 1.29 is 0 Å². The van der Waals surface area contributed by atoms with Crippen LogP contribution in [0.5, 0.6) is 0 Å². The molecule has 4 heteroatoms. The Hall–Kier alpha value is -1.32. The Morgan fingerprint density at radius 2 is 2.11 bits per heavy atom. The molecule has 1 heterocycles. The molecule has 2 N–H and O–H groups in total. The maximum Gasteiger partial charge on any atom is 0.0693 e. The van der Waals surface area contributed by atoms with Gasteiger partial charge in [-0.25, -0.2) is 4.68 Å². The predicted molar refractivity (Wildman–Crippen MR) is 80.2 cm³/mol. The molecule has 0 aliphatic carbocycles. The molecule has 0 bridgehead atoms. The van der Waals surface area contributed by atoms with Gasteiger partial charge in [-0.1, -0.05) is 31.5 Å². The number of rotatable bonds is 4. The summed E-state index contributed by atoms with van der Waals surface area (Å²) in [5, 5.41) is 5.44. The van der Waals surface area contributed by atoms with E-state index in [2.05, 4.69) is 25.0 Å². The lowest BCUT2D eigenvalue weighted by atomic mass is 10.1. The minimum atomic E-state index is 0.400. The molecule has 3 nitrogen and oxygen atoms in total. The van der Waals surface area contributed by atoms with Crippen LogP contribution in [0.25, 0.3) is 5.69 Å². The molecule has 0 amide bonds. The average Bonchev–Trinajstić information content (AvgIpc) is 2.77. The maximum atomic E-state index is 6.20. The van der Waals surface area contributed by atoms with E-state index >= 15 is 0 Å². The first-order valence-electron chi connectivity index (χ1n) is 6.59. The second-order valence-electron chi connectivity index (χ2n) is 5.05. The predicted octanol–water partition coefficient (Wildman–Crippen LogP) is 3.46. The highest BCUT2D eigenvalue weighted by Crippen LogP contribution is 2.26. The number of nitrogens with zero attached hydrogens (tertiary/aromatic N) is 2. The molecule has 0 saturated heterocycles. The highest BCUT2D eigenvalue weighted by Gasteiger charge is 2.14. The van der Waals surface area contributed by atoms with E-state index < -0.39 is 0 Å². The smallest absolute Gasteiger partial charge is 0.0693 e. The van der Waals surface area contributed by atoms with Gasteiger partial charge < -0.3 is 5.73 Å². The van der Waals surface area contributed by atoms with E-state index in [0.717, 1.165) is 28.4 Å². The molecule has 0 atom stereocenters. The van der Waals surface area contributed by atoms with Gasteiger partial charge in [-0.15, -0.1) is 0 Å². The summed E-state index contributed by atoms with van der Waals surface area (Å²) in [6.07, 6.45) is 0.798. The summed E-state index contributed by atoms with van der Waals surface area (Å²) >= 11 is 6.20. The van der Waals surface area contributed by atoms with Gasteiger partial charge >= 0.3 is 0 Å². The molecular weight excluding hydrogens is 258 g/mol. The molecule has 0 aliphatic heterocycles. The first-order valence-corrected chi connectivity index (χ1v) is 6.96. The summed E-state index contributed by atoms with van der Waals surface area (Å²) in [5.41, 5.74) is 9.93. The summed E-state index contributed by atoms with van der Waals surface area (Å²) in [6.45, 7) is 6.97. The highest BCUT2D eigenvalue weighted by molar-refractivity contribution is 6.31. The van der Waals surface area contributed by atoms with Gasteiger partial charge in [0.1, 0.15) is 0 Å². The van der Waals surface area contributed by atoms with Gasteiger partial charge in [0.15, 0.2) is 0 Å². The average molecular weight is 278 g/mol. The van der Waals surface area contributed by atoms with E-state index in [1.165, 1.54) is 5.69 Å². The number of halogens is 1. The largest absolute Gasteiger partial charge is 0.330 e. The zero-order chi connectivity index (χ0) is 14.0.